The van der Waals surface area contributed by atoms with Gasteiger partial charge in [-0.2, -0.15) is 0 Å². The average Bonchev–Trinajstić information content (AvgIpc) is 2.11. The zero-order chi connectivity index (χ0) is 11.3. The molecule has 0 saturated heterocycles. The minimum atomic E-state index is 0.727. The topological polar surface area (TPSA) is 12.0 Å². The molecule has 0 spiro atoms. The SMILES string of the molecule is CCCNC(C(C)C)C(C)CC1CCC1. The number of rotatable bonds is 7. The summed E-state index contributed by atoms with van der Waals surface area (Å²) >= 11 is 0. The maximum absolute atomic E-state index is 3.72. The Bertz CT molecular complexity index is 161. The quantitative estimate of drug-likeness (QED) is 0.674. The molecule has 1 N–H and O–H groups in total. The van der Waals surface area contributed by atoms with Gasteiger partial charge in [-0.3, -0.25) is 0 Å². The van der Waals surface area contributed by atoms with Crippen molar-refractivity contribution in [3.05, 3.63) is 0 Å². The Morgan fingerprint density at radius 2 is 1.87 bits per heavy atom. The highest BCUT2D eigenvalue weighted by molar-refractivity contribution is 4.81. The van der Waals surface area contributed by atoms with Gasteiger partial charge in [0.2, 0.25) is 0 Å². The first-order chi connectivity index (χ1) is 7.15. The van der Waals surface area contributed by atoms with Gasteiger partial charge in [0, 0.05) is 6.04 Å². The lowest BCUT2D eigenvalue weighted by atomic mass is 9.76. The summed E-state index contributed by atoms with van der Waals surface area (Å²) in [6.45, 7) is 10.6. The Hall–Kier alpha value is -0.0400. The van der Waals surface area contributed by atoms with Crippen LogP contribution in [0.4, 0.5) is 0 Å². The fourth-order valence-corrected chi connectivity index (χ4v) is 2.81. The monoisotopic (exact) mass is 211 g/mol. The molecule has 2 atom stereocenters. The van der Waals surface area contributed by atoms with E-state index in [1.54, 1.807) is 0 Å². The van der Waals surface area contributed by atoms with Gasteiger partial charge in [0.25, 0.3) is 0 Å². The fourth-order valence-electron chi connectivity index (χ4n) is 2.81. The lowest BCUT2D eigenvalue weighted by molar-refractivity contribution is 0.202. The van der Waals surface area contributed by atoms with Crippen LogP contribution in [0, 0.1) is 17.8 Å². The third-order valence-corrected chi connectivity index (χ3v) is 3.89. The minimum absolute atomic E-state index is 0.727. The van der Waals surface area contributed by atoms with Crippen molar-refractivity contribution in [2.75, 3.05) is 6.54 Å². The molecule has 1 aliphatic carbocycles. The average molecular weight is 211 g/mol. The van der Waals surface area contributed by atoms with Crippen molar-refractivity contribution < 1.29 is 0 Å². The number of nitrogens with one attached hydrogen (secondary N) is 1. The molecule has 1 saturated carbocycles. The van der Waals surface area contributed by atoms with Gasteiger partial charge in [-0.05, 0) is 37.1 Å². The predicted octanol–water partition coefficient (Wildman–Crippen LogP) is 3.84. The Morgan fingerprint density at radius 3 is 2.27 bits per heavy atom. The molecule has 1 heteroatoms. The second-order valence-corrected chi connectivity index (χ2v) is 5.73. The van der Waals surface area contributed by atoms with E-state index in [9.17, 15) is 0 Å². The summed E-state index contributed by atoms with van der Waals surface area (Å²) in [5.74, 6) is 2.66. The molecular weight excluding hydrogens is 182 g/mol. The van der Waals surface area contributed by atoms with E-state index in [-0.39, 0.29) is 0 Å². The highest BCUT2D eigenvalue weighted by atomic mass is 14.9. The van der Waals surface area contributed by atoms with Crippen molar-refractivity contribution in [2.24, 2.45) is 17.8 Å². The van der Waals surface area contributed by atoms with E-state index < -0.39 is 0 Å². The van der Waals surface area contributed by atoms with Crippen molar-refractivity contribution in [1.29, 1.82) is 0 Å². The van der Waals surface area contributed by atoms with Gasteiger partial charge in [0.05, 0.1) is 0 Å². The van der Waals surface area contributed by atoms with Crippen LogP contribution in [0.1, 0.15) is 59.8 Å². The Balaban J connectivity index is 2.31. The van der Waals surface area contributed by atoms with Gasteiger partial charge >= 0.3 is 0 Å². The van der Waals surface area contributed by atoms with Crippen LogP contribution in [0.25, 0.3) is 0 Å². The molecule has 1 aliphatic rings. The third kappa shape index (κ3) is 4.14. The molecule has 0 radical (unpaired) electrons. The summed E-state index contributed by atoms with van der Waals surface area (Å²) in [4.78, 5) is 0. The van der Waals surface area contributed by atoms with Crippen LogP contribution in [0.2, 0.25) is 0 Å². The highest BCUT2D eigenvalue weighted by Gasteiger charge is 2.25. The van der Waals surface area contributed by atoms with Crippen molar-refractivity contribution in [3.63, 3.8) is 0 Å². The molecule has 0 aliphatic heterocycles. The first kappa shape index (κ1) is 13.0. The second-order valence-electron chi connectivity index (χ2n) is 5.73. The summed E-state index contributed by atoms with van der Waals surface area (Å²) in [5, 5.41) is 3.72. The Kier molecular flexibility index (Phi) is 5.66. The van der Waals surface area contributed by atoms with Crippen molar-refractivity contribution in [1.82, 2.24) is 5.32 Å². The molecule has 1 nitrogen and oxygen atoms in total. The molecule has 0 aromatic carbocycles. The summed E-state index contributed by atoms with van der Waals surface area (Å²) in [6, 6.07) is 0.727. The normalized spacial score (nSPS) is 21.4. The molecule has 0 amide bonds. The van der Waals surface area contributed by atoms with E-state index >= 15 is 0 Å². The molecule has 0 bridgehead atoms. The van der Waals surface area contributed by atoms with Crippen LogP contribution < -0.4 is 5.32 Å². The van der Waals surface area contributed by atoms with E-state index in [4.69, 9.17) is 0 Å². The molecular formula is C14H29N. The molecule has 0 heterocycles. The Labute approximate surface area is 96.0 Å². The lowest BCUT2D eigenvalue weighted by Gasteiger charge is -2.34. The largest absolute Gasteiger partial charge is 0.313 e. The van der Waals surface area contributed by atoms with Gasteiger partial charge in [-0.25, -0.2) is 0 Å². The molecule has 2 unspecified atom stereocenters. The molecule has 0 aromatic rings. The smallest absolute Gasteiger partial charge is 0.0116 e. The molecule has 15 heavy (non-hydrogen) atoms. The third-order valence-electron chi connectivity index (χ3n) is 3.89. The lowest BCUT2D eigenvalue weighted by Crippen LogP contribution is -2.40. The van der Waals surface area contributed by atoms with Gasteiger partial charge in [-0.1, -0.05) is 47.0 Å². The molecule has 0 aromatic heterocycles. The van der Waals surface area contributed by atoms with E-state index in [1.165, 1.54) is 38.6 Å². The predicted molar refractivity (Wildman–Crippen MR) is 68.0 cm³/mol. The first-order valence-corrected chi connectivity index (χ1v) is 6.88. The van der Waals surface area contributed by atoms with Crippen LogP contribution in [0.3, 0.4) is 0 Å². The summed E-state index contributed by atoms with van der Waals surface area (Å²) in [7, 11) is 0. The zero-order valence-electron chi connectivity index (χ0n) is 11.1. The van der Waals surface area contributed by atoms with Crippen LogP contribution >= 0.6 is 0 Å². The van der Waals surface area contributed by atoms with Crippen LogP contribution in [0.5, 0.6) is 0 Å². The number of hydrogen-bond donors (Lipinski definition) is 1. The number of hydrogen-bond acceptors (Lipinski definition) is 1. The van der Waals surface area contributed by atoms with Crippen molar-refractivity contribution in [2.45, 2.75) is 65.8 Å². The highest BCUT2D eigenvalue weighted by Crippen LogP contribution is 2.33. The van der Waals surface area contributed by atoms with E-state index in [0.29, 0.717) is 0 Å². The van der Waals surface area contributed by atoms with Gasteiger partial charge in [0.1, 0.15) is 0 Å². The van der Waals surface area contributed by atoms with E-state index in [1.807, 2.05) is 0 Å². The molecule has 1 fully saturated rings. The maximum Gasteiger partial charge on any atom is 0.0116 e. The fraction of sp³-hybridized carbons (Fsp3) is 1.00. The maximum atomic E-state index is 3.72. The summed E-state index contributed by atoms with van der Waals surface area (Å²) < 4.78 is 0. The van der Waals surface area contributed by atoms with Crippen LogP contribution in [-0.2, 0) is 0 Å². The zero-order valence-corrected chi connectivity index (χ0v) is 11.1. The van der Waals surface area contributed by atoms with Crippen LogP contribution in [-0.4, -0.2) is 12.6 Å². The van der Waals surface area contributed by atoms with Crippen molar-refractivity contribution in [3.8, 4) is 0 Å². The Morgan fingerprint density at radius 1 is 1.20 bits per heavy atom. The van der Waals surface area contributed by atoms with Gasteiger partial charge < -0.3 is 5.32 Å². The van der Waals surface area contributed by atoms with E-state index in [2.05, 4.69) is 33.0 Å². The molecule has 1 rings (SSSR count). The van der Waals surface area contributed by atoms with Crippen molar-refractivity contribution >= 4 is 0 Å². The molecule has 90 valence electrons. The first-order valence-electron chi connectivity index (χ1n) is 6.88. The minimum Gasteiger partial charge on any atom is -0.313 e. The van der Waals surface area contributed by atoms with Gasteiger partial charge in [0.15, 0.2) is 0 Å². The second kappa shape index (κ2) is 6.52. The summed E-state index contributed by atoms with van der Waals surface area (Å²) in [6.07, 6.45) is 7.15. The van der Waals surface area contributed by atoms with E-state index in [0.717, 1.165) is 23.8 Å². The summed E-state index contributed by atoms with van der Waals surface area (Å²) in [5.41, 5.74) is 0. The van der Waals surface area contributed by atoms with Gasteiger partial charge in [-0.15, -0.1) is 0 Å². The van der Waals surface area contributed by atoms with Crippen LogP contribution in [0.15, 0.2) is 0 Å². The standard InChI is InChI=1S/C14H29N/c1-5-9-15-14(11(2)3)12(4)10-13-7-6-8-13/h11-15H,5-10H2,1-4H3.